The van der Waals surface area contributed by atoms with Gasteiger partial charge in [0.2, 0.25) is 11.7 Å². The number of hydrogen-bond donors (Lipinski definition) is 0. The number of methoxy groups -OCH3 is 1. The first-order valence-corrected chi connectivity index (χ1v) is 7.22. The summed E-state index contributed by atoms with van der Waals surface area (Å²) in [5, 5.41) is 3.91. The van der Waals surface area contributed by atoms with Gasteiger partial charge in [0.1, 0.15) is 0 Å². The van der Waals surface area contributed by atoms with E-state index in [0.29, 0.717) is 30.3 Å². The molecule has 0 amide bonds. The normalized spacial score (nSPS) is 16.7. The van der Waals surface area contributed by atoms with E-state index in [4.69, 9.17) is 9.26 Å². The van der Waals surface area contributed by atoms with Gasteiger partial charge in [0.05, 0.1) is 6.61 Å². The number of benzene rings is 1. The van der Waals surface area contributed by atoms with E-state index in [1.807, 2.05) is 0 Å². The Balaban J connectivity index is 1.79. The Morgan fingerprint density at radius 3 is 2.77 bits per heavy atom. The zero-order valence-electron chi connectivity index (χ0n) is 12.6. The molecule has 1 aromatic heterocycles. The van der Waals surface area contributed by atoms with Crippen LogP contribution in [0.2, 0.25) is 0 Å². The Kier molecular flexibility index (Phi) is 3.72. The molecule has 1 heterocycles. The van der Waals surface area contributed by atoms with Crippen LogP contribution in [0.4, 0.5) is 8.78 Å². The van der Waals surface area contributed by atoms with E-state index >= 15 is 0 Å². The third-order valence-electron chi connectivity index (χ3n) is 4.03. The van der Waals surface area contributed by atoms with Crippen LogP contribution in [0.5, 0.6) is 0 Å². The second-order valence-electron chi connectivity index (χ2n) is 6.09. The Bertz CT molecular complexity index is 660. The molecule has 1 aliphatic carbocycles. The summed E-state index contributed by atoms with van der Waals surface area (Å²) in [6.07, 6.45) is 2.82. The third-order valence-corrected chi connectivity index (χ3v) is 4.03. The Morgan fingerprint density at radius 2 is 2.14 bits per heavy atom. The molecule has 6 heteroatoms. The molecule has 0 radical (unpaired) electrons. The van der Waals surface area contributed by atoms with Crippen molar-refractivity contribution >= 4 is 0 Å². The van der Waals surface area contributed by atoms with E-state index < -0.39 is 5.92 Å². The second kappa shape index (κ2) is 5.43. The maximum atomic E-state index is 13.4. The van der Waals surface area contributed by atoms with Gasteiger partial charge < -0.3 is 9.26 Å². The summed E-state index contributed by atoms with van der Waals surface area (Å²) in [5.74, 6) is -2.02. The number of ether oxygens (including phenoxy) is 1. The van der Waals surface area contributed by atoms with Gasteiger partial charge in [-0.2, -0.15) is 4.98 Å². The maximum absolute atomic E-state index is 13.4. The van der Waals surface area contributed by atoms with Crippen LogP contribution in [0.1, 0.15) is 31.2 Å². The van der Waals surface area contributed by atoms with Crippen LogP contribution in [0.25, 0.3) is 11.4 Å². The predicted molar refractivity (Wildman–Crippen MR) is 76.5 cm³/mol. The van der Waals surface area contributed by atoms with Crippen molar-refractivity contribution in [2.75, 3.05) is 13.7 Å². The highest BCUT2D eigenvalue weighted by Gasteiger charge is 2.44. The fourth-order valence-corrected chi connectivity index (χ4v) is 2.55. The maximum Gasteiger partial charge on any atom is 0.270 e. The van der Waals surface area contributed by atoms with Crippen molar-refractivity contribution in [3.63, 3.8) is 0 Å². The van der Waals surface area contributed by atoms with Crippen molar-refractivity contribution in [1.29, 1.82) is 0 Å². The minimum atomic E-state index is -2.89. The number of hydrogen-bond acceptors (Lipinski definition) is 4. The summed E-state index contributed by atoms with van der Waals surface area (Å²) in [6.45, 7) is 1.54. The van der Waals surface area contributed by atoms with Gasteiger partial charge in [-0.3, -0.25) is 0 Å². The topological polar surface area (TPSA) is 48.2 Å². The molecule has 1 fully saturated rings. The molecule has 0 aliphatic heterocycles. The molecule has 0 spiro atoms. The van der Waals surface area contributed by atoms with E-state index in [1.165, 1.54) is 12.1 Å². The van der Waals surface area contributed by atoms with Gasteiger partial charge in [-0.1, -0.05) is 23.4 Å². The van der Waals surface area contributed by atoms with Gasteiger partial charge in [-0.15, -0.1) is 0 Å². The molecule has 1 saturated carbocycles. The van der Waals surface area contributed by atoms with Crippen LogP contribution >= 0.6 is 0 Å². The lowest BCUT2D eigenvalue weighted by molar-refractivity contribution is 0.0175. The number of halogens is 2. The molecule has 0 bridgehead atoms. The standard InChI is InChI=1S/C16H18F2N2O2/c1-15(17,18)12-5-3-4-11(8-12)14-19-13(22-20-14)9-16(6-7-16)10-21-2/h3-5,8H,6-7,9-10H2,1-2H3. The van der Waals surface area contributed by atoms with Crippen LogP contribution in [-0.4, -0.2) is 23.9 Å². The second-order valence-corrected chi connectivity index (χ2v) is 6.09. The molecular weight excluding hydrogens is 290 g/mol. The molecule has 1 aromatic carbocycles. The van der Waals surface area contributed by atoms with E-state index in [-0.39, 0.29) is 11.0 Å². The number of alkyl halides is 2. The van der Waals surface area contributed by atoms with Crippen molar-refractivity contribution < 1.29 is 18.0 Å². The molecule has 118 valence electrons. The van der Waals surface area contributed by atoms with Gasteiger partial charge in [0, 0.05) is 37.0 Å². The van der Waals surface area contributed by atoms with Crippen LogP contribution in [0.15, 0.2) is 28.8 Å². The molecule has 0 saturated heterocycles. The highest BCUT2D eigenvalue weighted by molar-refractivity contribution is 5.55. The molecule has 0 unspecified atom stereocenters. The van der Waals surface area contributed by atoms with Gasteiger partial charge in [0.15, 0.2) is 0 Å². The van der Waals surface area contributed by atoms with E-state index in [2.05, 4.69) is 10.1 Å². The summed E-state index contributed by atoms with van der Waals surface area (Å²) in [5.41, 5.74) is 0.580. The predicted octanol–water partition coefficient (Wildman–Crippen LogP) is 3.82. The van der Waals surface area contributed by atoms with Crippen molar-refractivity contribution in [2.45, 2.75) is 32.1 Å². The van der Waals surface area contributed by atoms with Gasteiger partial charge in [-0.05, 0) is 18.9 Å². The average molecular weight is 308 g/mol. The summed E-state index contributed by atoms with van der Waals surface area (Å²) in [7, 11) is 1.68. The summed E-state index contributed by atoms with van der Waals surface area (Å²) in [4.78, 5) is 4.33. The quantitative estimate of drug-likeness (QED) is 0.814. The molecule has 0 N–H and O–H groups in total. The lowest BCUT2D eigenvalue weighted by Gasteiger charge is -2.10. The van der Waals surface area contributed by atoms with Crippen molar-refractivity contribution in [1.82, 2.24) is 10.1 Å². The Morgan fingerprint density at radius 1 is 1.36 bits per heavy atom. The van der Waals surface area contributed by atoms with Crippen molar-refractivity contribution in [2.24, 2.45) is 5.41 Å². The van der Waals surface area contributed by atoms with Gasteiger partial charge in [-0.25, -0.2) is 8.78 Å². The van der Waals surface area contributed by atoms with Gasteiger partial charge in [0.25, 0.3) is 5.92 Å². The van der Waals surface area contributed by atoms with Crippen LogP contribution in [0.3, 0.4) is 0 Å². The lowest BCUT2D eigenvalue weighted by atomic mass is 10.0. The van der Waals surface area contributed by atoms with E-state index in [0.717, 1.165) is 19.8 Å². The summed E-state index contributed by atoms with van der Waals surface area (Å²) in [6, 6.07) is 6.07. The first-order chi connectivity index (χ1) is 10.4. The third kappa shape index (κ3) is 3.16. The molecule has 3 rings (SSSR count). The molecule has 2 aromatic rings. The largest absolute Gasteiger partial charge is 0.384 e. The minimum Gasteiger partial charge on any atom is -0.384 e. The average Bonchev–Trinajstić information content (AvgIpc) is 3.06. The SMILES string of the molecule is COCC1(Cc2nc(-c3cccc(C(C)(F)F)c3)no2)CC1. The van der Waals surface area contributed by atoms with Crippen LogP contribution < -0.4 is 0 Å². The molecule has 4 nitrogen and oxygen atoms in total. The smallest absolute Gasteiger partial charge is 0.270 e. The molecule has 1 aliphatic rings. The van der Waals surface area contributed by atoms with E-state index in [1.54, 1.807) is 19.2 Å². The Hall–Kier alpha value is -1.82. The van der Waals surface area contributed by atoms with Crippen LogP contribution in [0, 0.1) is 5.41 Å². The molecular formula is C16H18F2N2O2. The van der Waals surface area contributed by atoms with Crippen molar-refractivity contribution in [3.05, 3.63) is 35.7 Å². The zero-order valence-corrected chi connectivity index (χ0v) is 12.6. The molecule has 22 heavy (non-hydrogen) atoms. The highest BCUT2D eigenvalue weighted by atomic mass is 19.3. The van der Waals surface area contributed by atoms with Crippen molar-refractivity contribution in [3.8, 4) is 11.4 Å². The monoisotopic (exact) mass is 308 g/mol. The lowest BCUT2D eigenvalue weighted by Crippen LogP contribution is -2.12. The number of nitrogens with zero attached hydrogens (tertiary/aromatic N) is 2. The zero-order chi connectivity index (χ0) is 15.8. The van der Waals surface area contributed by atoms with E-state index in [9.17, 15) is 8.78 Å². The fourth-order valence-electron chi connectivity index (χ4n) is 2.55. The minimum absolute atomic E-state index is 0.0607. The number of aromatic nitrogens is 2. The first-order valence-electron chi connectivity index (χ1n) is 7.22. The summed E-state index contributed by atoms with van der Waals surface area (Å²) < 4.78 is 37.3. The first kappa shape index (κ1) is 15.1. The Labute approximate surface area is 127 Å². The van der Waals surface area contributed by atoms with Crippen LogP contribution in [-0.2, 0) is 17.1 Å². The summed E-state index contributed by atoms with van der Waals surface area (Å²) >= 11 is 0. The molecule has 0 atom stereocenters. The fraction of sp³-hybridized carbons (Fsp3) is 0.500. The highest BCUT2D eigenvalue weighted by Crippen LogP contribution is 2.48. The number of rotatable bonds is 6. The van der Waals surface area contributed by atoms with Gasteiger partial charge >= 0.3 is 0 Å².